The fourth-order valence-corrected chi connectivity index (χ4v) is 3.01. The van der Waals surface area contributed by atoms with Crippen LogP contribution >= 0.6 is 0 Å². The molecular weight excluding hydrogens is 216 g/mol. The van der Waals surface area contributed by atoms with Gasteiger partial charge < -0.3 is 10.1 Å². The Morgan fingerprint density at radius 2 is 2.27 bits per heavy atom. The van der Waals surface area contributed by atoms with Gasteiger partial charge in [-0.05, 0) is 26.8 Å². The molecule has 0 amide bonds. The zero-order valence-electron chi connectivity index (χ0n) is 9.38. The van der Waals surface area contributed by atoms with Crippen molar-refractivity contribution in [3.8, 4) is 0 Å². The molecule has 1 aliphatic heterocycles. The van der Waals surface area contributed by atoms with E-state index in [4.69, 9.17) is 4.74 Å². The zero-order valence-corrected chi connectivity index (χ0v) is 10.2. The van der Waals surface area contributed by atoms with Gasteiger partial charge in [-0.1, -0.05) is 0 Å². The van der Waals surface area contributed by atoms with Crippen molar-refractivity contribution in [1.82, 2.24) is 10.0 Å². The van der Waals surface area contributed by atoms with E-state index in [1.54, 1.807) is 0 Å². The third-order valence-corrected chi connectivity index (χ3v) is 3.98. The Balaban J connectivity index is 2.41. The highest BCUT2D eigenvalue weighted by atomic mass is 32.2. The molecule has 5 nitrogen and oxygen atoms in total. The molecule has 0 aromatic rings. The van der Waals surface area contributed by atoms with Gasteiger partial charge in [0, 0.05) is 18.7 Å². The maximum Gasteiger partial charge on any atom is 0.214 e. The summed E-state index contributed by atoms with van der Waals surface area (Å²) >= 11 is 0. The minimum atomic E-state index is -3.21. The first-order valence-electron chi connectivity index (χ1n) is 5.27. The van der Waals surface area contributed by atoms with Gasteiger partial charge in [-0.3, -0.25) is 0 Å². The van der Waals surface area contributed by atoms with E-state index in [9.17, 15) is 8.42 Å². The summed E-state index contributed by atoms with van der Waals surface area (Å²) < 4.78 is 31.0. The van der Waals surface area contributed by atoms with Crippen LogP contribution in [0.2, 0.25) is 0 Å². The van der Waals surface area contributed by atoms with E-state index in [1.165, 1.54) is 0 Å². The third kappa shape index (κ3) is 4.46. The van der Waals surface area contributed by atoms with Crippen LogP contribution in [0.15, 0.2) is 0 Å². The van der Waals surface area contributed by atoms with E-state index in [0.29, 0.717) is 13.2 Å². The second kappa shape index (κ2) is 5.25. The first kappa shape index (κ1) is 12.9. The molecule has 0 saturated carbocycles. The number of nitrogens with one attached hydrogen (secondary N) is 2. The Labute approximate surface area is 91.6 Å². The predicted molar refractivity (Wildman–Crippen MR) is 59.3 cm³/mol. The first-order chi connectivity index (χ1) is 6.97. The van der Waals surface area contributed by atoms with Crippen molar-refractivity contribution in [3.05, 3.63) is 0 Å². The Morgan fingerprint density at radius 3 is 2.80 bits per heavy atom. The van der Waals surface area contributed by atoms with Gasteiger partial charge in [-0.25, -0.2) is 13.1 Å². The van der Waals surface area contributed by atoms with Crippen LogP contribution in [0, 0.1) is 0 Å². The van der Waals surface area contributed by atoms with Gasteiger partial charge in [0.2, 0.25) is 10.0 Å². The highest BCUT2D eigenvalue weighted by Gasteiger charge is 2.32. The zero-order chi connectivity index (χ0) is 11.4. The quantitative estimate of drug-likeness (QED) is 0.621. The molecule has 1 atom stereocenters. The molecule has 1 unspecified atom stereocenters. The van der Waals surface area contributed by atoms with Crippen molar-refractivity contribution in [3.63, 3.8) is 0 Å². The summed E-state index contributed by atoms with van der Waals surface area (Å²) in [6.07, 6.45) is 0.834. The molecule has 1 saturated heterocycles. The molecule has 1 fully saturated rings. The van der Waals surface area contributed by atoms with Crippen LogP contribution in [-0.2, 0) is 14.8 Å². The van der Waals surface area contributed by atoms with Crippen LogP contribution in [0.25, 0.3) is 0 Å². The SMILES string of the molecule is CCOCCS(=O)(=O)NC1(C)CCNC1. The molecule has 0 aromatic carbocycles. The fourth-order valence-electron chi connectivity index (χ4n) is 1.64. The average Bonchev–Trinajstić information content (AvgIpc) is 2.50. The maximum atomic E-state index is 11.6. The lowest BCUT2D eigenvalue weighted by molar-refractivity contribution is 0.163. The third-order valence-electron chi connectivity index (χ3n) is 2.47. The smallest absolute Gasteiger partial charge is 0.214 e. The topological polar surface area (TPSA) is 67.4 Å². The number of hydrogen-bond donors (Lipinski definition) is 2. The summed E-state index contributed by atoms with van der Waals surface area (Å²) in [7, 11) is -3.21. The lowest BCUT2D eigenvalue weighted by Crippen LogP contribution is -2.48. The Morgan fingerprint density at radius 1 is 1.53 bits per heavy atom. The van der Waals surface area contributed by atoms with E-state index >= 15 is 0 Å². The summed E-state index contributed by atoms with van der Waals surface area (Å²) in [6, 6.07) is 0. The first-order valence-corrected chi connectivity index (χ1v) is 6.93. The summed E-state index contributed by atoms with van der Waals surface area (Å²) in [5.74, 6) is 0.0381. The van der Waals surface area contributed by atoms with Gasteiger partial charge in [0.05, 0.1) is 12.4 Å². The van der Waals surface area contributed by atoms with E-state index in [-0.39, 0.29) is 17.9 Å². The summed E-state index contributed by atoms with van der Waals surface area (Å²) in [4.78, 5) is 0. The lowest BCUT2D eigenvalue weighted by atomic mass is 10.0. The fraction of sp³-hybridized carbons (Fsp3) is 1.00. The number of rotatable bonds is 6. The number of ether oxygens (including phenoxy) is 1. The van der Waals surface area contributed by atoms with Crippen LogP contribution in [0.4, 0.5) is 0 Å². The van der Waals surface area contributed by atoms with Crippen LogP contribution in [0.3, 0.4) is 0 Å². The largest absolute Gasteiger partial charge is 0.381 e. The van der Waals surface area contributed by atoms with Crippen LogP contribution in [0.5, 0.6) is 0 Å². The van der Waals surface area contributed by atoms with Gasteiger partial charge in [-0.2, -0.15) is 0 Å². The molecule has 1 rings (SSSR count). The van der Waals surface area contributed by atoms with Crippen molar-refractivity contribution in [2.24, 2.45) is 0 Å². The summed E-state index contributed by atoms with van der Waals surface area (Å²) in [5.41, 5.74) is -0.328. The van der Waals surface area contributed by atoms with Gasteiger partial charge in [0.1, 0.15) is 0 Å². The van der Waals surface area contributed by atoms with E-state index in [1.807, 2.05) is 13.8 Å². The maximum absolute atomic E-state index is 11.6. The molecule has 0 radical (unpaired) electrons. The monoisotopic (exact) mass is 236 g/mol. The Hall–Kier alpha value is -0.170. The minimum absolute atomic E-state index is 0.0381. The lowest BCUT2D eigenvalue weighted by Gasteiger charge is -2.23. The van der Waals surface area contributed by atoms with Gasteiger partial charge in [-0.15, -0.1) is 0 Å². The van der Waals surface area contributed by atoms with Crippen molar-refractivity contribution in [2.45, 2.75) is 25.8 Å². The van der Waals surface area contributed by atoms with Crippen LogP contribution in [-0.4, -0.2) is 46.0 Å². The molecule has 0 aliphatic carbocycles. The highest BCUT2D eigenvalue weighted by Crippen LogP contribution is 2.14. The van der Waals surface area contributed by atoms with Crippen LogP contribution in [0.1, 0.15) is 20.3 Å². The normalized spacial score (nSPS) is 27.1. The van der Waals surface area contributed by atoms with E-state index < -0.39 is 10.0 Å². The van der Waals surface area contributed by atoms with Crippen LogP contribution < -0.4 is 10.0 Å². The Bertz CT molecular complexity index is 284. The Kier molecular flexibility index (Phi) is 4.51. The second-order valence-corrected chi connectivity index (χ2v) is 5.95. The molecular formula is C9H20N2O3S. The molecule has 0 spiro atoms. The second-order valence-electron chi connectivity index (χ2n) is 4.11. The molecule has 90 valence electrons. The highest BCUT2D eigenvalue weighted by molar-refractivity contribution is 7.89. The van der Waals surface area contributed by atoms with Gasteiger partial charge >= 0.3 is 0 Å². The molecule has 0 bridgehead atoms. The van der Waals surface area contributed by atoms with Crippen molar-refractivity contribution in [2.75, 3.05) is 32.1 Å². The molecule has 1 heterocycles. The average molecular weight is 236 g/mol. The molecule has 0 aromatic heterocycles. The molecule has 6 heteroatoms. The van der Waals surface area contributed by atoms with E-state index in [2.05, 4.69) is 10.0 Å². The predicted octanol–water partition coefficient (Wildman–Crippen LogP) is -0.306. The summed E-state index contributed by atoms with van der Waals surface area (Å²) in [6.45, 7) is 6.14. The van der Waals surface area contributed by atoms with E-state index in [0.717, 1.165) is 13.0 Å². The van der Waals surface area contributed by atoms with Crippen molar-refractivity contribution < 1.29 is 13.2 Å². The van der Waals surface area contributed by atoms with Gasteiger partial charge in [0.25, 0.3) is 0 Å². The standard InChI is InChI=1S/C9H20N2O3S/c1-3-14-6-7-15(12,13)11-9(2)4-5-10-8-9/h10-11H,3-8H2,1-2H3. The molecule has 1 aliphatic rings. The molecule has 2 N–H and O–H groups in total. The van der Waals surface area contributed by atoms with Gasteiger partial charge in [0.15, 0.2) is 0 Å². The molecule has 15 heavy (non-hydrogen) atoms. The number of hydrogen-bond acceptors (Lipinski definition) is 4. The summed E-state index contributed by atoms with van der Waals surface area (Å²) in [5, 5.41) is 3.14. The van der Waals surface area contributed by atoms with Crippen molar-refractivity contribution >= 4 is 10.0 Å². The minimum Gasteiger partial charge on any atom is -0.381 e. The van der Waals surface area contributed by atoms with Crippen molar-refractivity contribution in [1.29, 1.82) is 0 Å². The number of sulfonamides is 1.